The van der Waals surface area contributed by atoms with Crippen molar-refractivity contribution >= 4 is 39.3 Å². The number of nitrogens with two attached hydrogens (primary N) is 1. The number of aromatic nitrogens is 4. The van der Waals surface area contributed by atoms with E-state index in [-0.39, 0.29) is 10.6 Å². The Bertz CT molecular complexity index is 1440. The number of nitro benzene ring substituents is 1. The number of hydrogen-bond donors (Lipinski definition) is 4. The van der Waals surface area contributed by atoms with E-state index < -0.39 is 0 Å². The molecule has 3 aromatic heterocycles. The molecule has 0 radical (unpaired) electrons. The lowest BCUT2D eigenvalue weighted by Gasteiger charge is -2.09. The zero-order valence-corrected chi connectivity index (χ0v) is 17.1. The molecular formula is C23H21N7O2. The fourth-order valence-electron chi connectivity index (χ4n) is 3.87. The zero-order chi connectivity index (χ0) is 22.1. The van der Waals surface area contributed by atoms with Crippen LogP contribution in [0.2, 0.25) is 0 Å². The molecule has 0 bridgehead atoms. The van der Waals surface area contributed by atoms with Crippen LogP contribution in [0.1, 0.15) is 16.7 Å². The van der Waals surface area contributed by atoms with Crippen molar-refractivity contribution in [2.75, 3.05) is 17.6 Å². The average molecular weight is 427 g/mol. The second kappa shape index (κ2) is 8.03. The maximum Gasteiger partial charge on any atom is 0.270 e. The van der Waals surface area contributed by atoms with E-state index in [4.69, 9.17) is 5.73 Å². The van der Waals surface area contributed by atoms with E-state index in [2.05, 4.69) is 43.5 Å². The van der Waals surface area contributed by atoms with E-state index in [1.165, 1.54) is 6.07 Å². The third-order valence-electron chi connectivity index (χ3n) is 5.55. The predicted molar refractivity (Wildman–Crippen MR) is 125 cm³/mol. The normalized spacial score (nSPS) is 11.2. The zero-order valence-electron chi connectivity index (χ0n) is 17.1. The number of nitrogen functional groups attached to an aromatic ring is 1. The van der Waals surface area contributed by atoms with E-state index in [9.17, 15) is 10.1 Å². The van der Waals surface area contributed by atoms with Gasteiger partial charge in [0.15, 0.2) is 0 Å². The number of benzene rings is 2. The van der Waals surface area contributed by atoms with Crippen molar-refractivity contribution in [2.24, 2.45) is 0 Å². The number of anilines is 2. The highest BCUT2D eigenvalue weighted by Crippen LogP contribution is 2.24. The van der Waals surface area contributed by atoms with Crippen LogP contribution in [0.15, 0.2) is 61.1 Å². The summed E-state index contributed by atoms with van der Waals surface area (Å²) in [5.41, 5.74) is 11.2. The molecule has 5 rings (SSSR count). The van der Waals surface area contributed by atoms with Crippen molar-refractivity contribution < 1.29 is 4.92 Å². The molecule has 32 heavy (non-hydrogen) atoms. The molecule has 0 atom stereocenters. The number of non-ortho nitro benzene ring substituents is 1. The minimum Gasteiger partial charge on any atom is -0.383 e. The van der Waals surface area contributed by atoms with Crippen LogP contribution < -0.4 is 11.1 Å². The largest absolute Gasteiger partial charge is 0.383 e. The van der Waals surface area contributed by atoms with Crippen molar-refractivity contribution in [3.05, 3.63) is 87.9 Å². The summed E-state index contributed by atoms with van der Waals surface area (Å²) in [5.74, 6) is 0.901. The van der Waals surface area contributed by atoms with Crippen LogP contribution in [-0.2, 0) is 12.8 Å². The Kier molecular flexibility index (Phi) is 4.91. The molecule has 0 saturated heterocycles. The Hall–Kier alpha value is -4.40. The Balaban J connectivity index is 1.24. The van der Waals surface area contributed by atoms with E-state index >= 15 is 0 Å². The lowest BCUT2D eigenvalue weighted by molar-refractivity contribution is -0.384. The molecule has 0 saturated carbocycles. The summed E-state index contributed by atoms with van der Waals surface area (Å²) in [6, 6.07) is 13.1. The number of rotatable bonds is 7. The second-order valence-electron chi connectivity index (χ2n) is 7.66. The molecule has 3 heterocycles. The third kappa shape index (κ3) is 3.83. The summed E-state index contributed by atoms with van der Waals surface area (Å²) in [6.45, 7) is 0.568. The summed E-state index contributed by atoms with van der Waals surface area (Å²) in [5, 5.41) is 16.2. The van der Waals surface area contributed by atoms with Crippen molar-refractivity contribution in [1.82, 2.24) is 19.9 Å². The molecule has 9 nitrogen and oxygen atoms in total. The van der Waals surface area contributed by atoms with E-state index in [1.54, 1.807) is 18.3 Å². The van der Waals surface area contributed by atoms with Gasteiger partial charge in [-0.3, -0.25) is 10.1 Å². The van der Waals surface area contributed by atoms with Crippen LogP contribution in [0.4, 0.5) is 17.5 Å². The first-order valence-electron chi connectivity index (χ1n) is 10.2. The van der Waals surface area contributed by atoms with Gasteiger partial charge >= 0.3 is 0 Å². The first kappa shape index (κ1) is 19.6. The Morgan fingerprint density at radius 3 is 2.78 bits per heavy atom. The Morgan fingerprint density at radius 1 is 1.06 bits per heavy atom. The summed E-state index contributed by atoms with van der Waals surface area (Å²) in [4.78, 5) is 25.8. The number of nitro groups is 1. The van der Waals surface area contributed by atoms with Crippen LogP contribution in [-0.4, -0.2) is 31.4 Å². The van der Waals surface area contributed by atoms with Gasteiger partial charge in [-0.2, -0.15) is 4.98 Å². The van der Waals surface area contributed by atoms with Gasteiger partial charge in [0.25, 0.3) is 5.69 Å². The van der Waals surface area contributed by atoms with Gasteiger partial charge in [0, 0.05) is 65.7 Å². The number of H-pyrrole nitrogens is 2. The first-order chi connectivity index (χ1) is 15.6. The molecule has 0 aliphatic rings. The maximum absolute atomic E-state index is 11.1. The highest BCUT2D eigenvalue weighted by Gasteiger charge is 2.11. The fraction of sp³-hybridized carbons (Fsp3) is 0.130. The summed E-state index contributed by atoms with van der Waals surface area (Å²) < 4.78 is 0. The monoisotopic (exact) mass is 427 g/mol. The number of nitrogens with one attached hydrogen (secondary N) is 3. The number of nitrogens with zero attached hydrogens (tertiary/aromatic N) is 3. The van der Waals surface area contributed by atoms with Gasteiger partial charge in [-0.05, 0) is 47.2 Å². The van der Waals surface area contributed by atoms with Crippen LogP contribution >= 0.6 is 0 Å². The van der Waals surface area contributed by atoms with Gasteiger partial charge in [0.2, 0.25) is 5.95 Å². The van der Waals surface area contributed by atoms with Gasteiger partial charge in [-0.25, -0.2) is 4.98 Å². The minimum absolute atomic E-state index is 0.0775. The van der Waals surface area contributed by atoms with Crippen LogP contribution in [0.5, 0.6) is 0 Å². The molecule has 0 unspecified atom stereocenters. The molecule has 0 fully saturated rings. The molecule has 0 amide bonds. The standard InChI is InChI=1S/C23H21N7O2/c24-22-17(10-14-1-3-20-15(9-14)5-7-25-20)13-28-23(29-22)26-8-6-16-12-27-21-4-2-18(30(31)32)11-19(16)21/h1-5,7,9,11-13,25,27H,6,8,10H2,(H3,24,26,28,29). The van der Waals surface area contributed by atoms with Crippen molar-refractivity contribution in [3.63, 3.8) is 0 Å². The quantitative estimate of drug-likeness (QED) is 0.227. The highest BCUT2D eigenvalue weighted by atomic mass is 16.6. The van der Waals surface area contributed by atoms with E-state index in [1.807, 2.05) is 18.5 Å². The van der Waals surface area contributed by atoms with Gasteiger partial charge in [0.05, 0.1) is 4.92 Å². The molecule has 160 valence electrons. The number of aromatic amines is 2. The molecular weight excluding hydrogens is 406 g/mol. The fourth-order valence-corrected chi connectivity index (χ4v) is 3.87. The lowest BCUT2D eigenvalue weighted by Crippen LogP contribution is -2.10. The maximum atomic E-state index is 11.1. The Labute approximate surface area is 182 Å². The first-order valence-corrected chi connectivity index (χ1v) is 10.2. The molecule has 9 heteroatoms. The van der Waals surface area contributed by atoms with Gasteiger partial charge in [0.1, 0.15) is 5.82 Å². The predicted octanol–water partition coefficient (Wildman–Crippen LogP) is 4.18. The smallest absolute Gasteiger partial charge is 0.270 e. The summed E-state index contributed by atoms with van der Waals surface area (Å²) >= 11 is 0. The van der Waals surface area contributed by atoms with Crippen molar-refractivity contribution in [3.8, 4) is 0 Å². The van der Waals surface area contributed by atoms with Gasteiger partial charge in [-0.1, -0.05) is 6.07 Å². The second-order valence-corrected chi connectivity index (χ2v) is 7.66. The molecule has 2 aromatic carbocycles. The SMILES string of the molecule is Nc1nc(NCCc2c[nH]c3ccc([N+](=O)[O-])cc23)ncc1Cc1ccc2[nH]ccc2c1. The number of fused-ring (bicyclic) bond motifs is 2. The minimum atomic E-state index is -0.386. The van der Waals surface area contributed by atoms with Gasteiger partial charge in [-0.15, -0.1) is 0 Å². The molecule has 5 aromatic rings. The topological polar surface area (TPSA) is 139 Å². The molecule has 0 aliphatic heterocycles. The third-order valence-corrected chi connectivity index (χ3v) is 5.55. The van der Waals surface area contributed by atoms with Gasteiger partial charge < -0.3 is 21.0 Å². The molecule has 0 spiro atoms. The van der Waals surface area contributed by atoms with Crippen LogP contribution in [0.25, 0.3) is 21.8 Å². The molecule has 5 N–H and O–H groups in total. The highest BCUT2D eigenvalue weighted by molar-refractivity contribution is 5.85. The van der Waals surface area contributed by atoms with Crippen LogP contribution in [0.3, 0.4) is 0 Å². The molecule has 0 aliphatic carbocycles. The lowest BCUT2D eigenvalue weighted by atomic mass is 10.1. The van der Waals surface area contributed by atoms with Crippen molar-refractivity contribution in [1.29, 1.82) is 0 Å². The summed E-state index contributed by atoms with van der Waals surface area (Å²) in [7, 11) is 0. The van der Waals surface area contributed by atoms with E-state index in [0.29, 0.717) is 31.2 Å². The van der Waals surface area contributed by atoms with Crippen molar-refractivity contribution in [2.45, 2.75) is 12.8 Å². The number of hydrogen-bond acceptors (Lipinski definition) is 6. The van der Waals surface area contributed by atoms with Crippen LogP contribution in [0, 0.1) is 10.1 Å². The average Bonchev–Trinajstić information content (AvgIpc) is 3.42. The summed E-state index contributed by atoms with van der Waals surface area (Å²) in [6.07, 6.45) is 6.85. The Morgan fingerprint density at radius 2 is 1.94 bits per heavy atom. The van der Waals surface area contributed by atoms with E-state index in [0.717, 1.165) is 38.5 Å².